The smallest absolute Gasteiger partial charge is 0.184 e. The predicted octanol–water partition coefficient (Wildman–Crippen LogP) is 3.54. The highest BCUT2D eigenvalue weighted by Crippen LogP contribution is 2.32. The van der Waals surface area contributed by atoms with E-state index in [0.717, 1.165) is 28.3 Å². The number of aliphatic imine (C=N–C) groups is 1. The fraction of sp³-hybridized carbons (Fsp3) is 0.250. The van der Waals surface area contributed by atoms with E-state index in [9.17, 15) is 4.79 Å². The van der Waals surface area contributed by atoms with E-state index in [1.54, 1.807) is 6.07 Å². The van der Waals surface area contributed by atoms with E-state index in [0.29, 0.717) is 18.7 Å². The largest absolute Gasteiger partial charge is 0.494 e. The summed E-state index contributed by atoms with van der Waals surface area (Å²) in [5.41, 5.74) is 10.7. The Balaban J connectivity index is 1.78. The molecule has 0 fully saturated rings. The topological polar surface area (TPSA) is 81.1 Å². The molecular weight excluding hydrogens is 378 g/mol. The van der Waals surface area contributed by atoms with Gasteiger partial charge in [0.05, 0.1) is 42.8 Å². The molecule has 154 valence electrons. The van der Waals surface area contributed by atoms with Crippen LogP contribution in [0.1, 0.15) is 28.4 Å². The third-order valence-corrected chi connectivity index (χ3v) is 5.42. The van der Waals surface area contributed by atoms with Gasteiger partial charge in [0.1, 0.15) is 12.0 Å². The van der Waals surface area contributed by atoms with E-state index in [1.165, 1.54) is 12.5 Å². The summed E-state index contributed by atoms with van der Waals surface area (Å²) in [6.07, 6.45) is 2.91. The maximum Gasteiger partial charge on any atom is 0.184 e. The molecule has 0 bridgehead atoms. The van der Waals surface area contributed by atoms with Crippen molar-refractivity contribution >= 4 is 17.2 Å². The van der Waals surface area contributed by atoms with E-state index in [4.69, 9.17) is 19.9 Å². The molecule has 0 radical (unpaired) electrons. The number of fused-ring (bicyclic) bond motifs is 1. The van der Waals surface area contributed by atoms with Gasteiger partial charge in [0.2, 0.25) is 0 Å². The lowest BCUT2D eigenvalue weighted by Crippen LogP contribution is -2.52. The van der Waals surface area contributed by atoms with Gasteiger partial charge in [-0.1, -0.05) is 30.3 Å². The first-order valence-electron chi connectivity index (χ1n) is 10.0. The molecule has 0 aliphatic carbocycles. The Labute approximate surface area is 176 Å². The number of Topliss-reactive ketones (excluding diaryl/α,β-unsaturated/α-hetero) is 1. The zero-order valence-electron chi connectivity index (χ0n) is 17.1. The molecule has 0 saturated heterocycles. The van der Waals surface area contributed by atoms with Gasteiger partial charge in [-0.2, -0.15) is 0 Å². The number of nitrogens with two attached hydrogens (primary N) is 1. The van der Waals surface area contributed by atoms with Crippen molar-refractivity contribution in [3.05, 3.63) is 83.8 Å². The minimum Gasteiger partial charge on any atom is -0.494 e. The van der Waals surface area contributed by atoms with Crippen LogP contribution in [0, 0.1) is 0 Å². The van der Waals surface area contributed by atoms with Gasteiger partial charge in [-0.05, 0) is 25.1 Å². The molecule has 2 aromatic carbocycles. The van der Waals surface area contributed by atoms with E-state index >= 15 is 0 Å². The number of carbonyl (C=O) groups excluding carboxylic acids is 1. The second-order valence-corrected chi connectivity index (χ2v) is 7.25. The highest BCUT2D eigenvalue weighted by atomic mass is 16.5. The summed E-state index contributed by atoms with van der Waals surface area (Å²) >= 11 is 0. The Hall–Kier alpha value is -3.38. The maximum absolute atomic E-state index is 12.9. The number of carbonyl (C=O) groups is 1. The third-order valence-electron chi connectivity index (χ3n) is 5.42. The lowest BCUT2D eigenvalue weighted by Gasteiger charge is -2.32. The van der Waals surface area contributed by atoms with Gasteiger partial charge >= 0.3 is 0 Å². The molecule has 1 aliphatic heterocycles. The number of ketones is 1. The number of anilines is 1. The number of benzodiazepines with no additional fused rings is 1. The van der Waals surface area contributed by atoms with Gasteiger partial charge in [-0.25, -0.2) is 0 Å². The molecule has 1 aromatic heterocycles. The summed E-state index contributed by atoms with van der Waals surface area (Å²) in [6, 6.07) is 16.6. The number of hydrogen-bond donors (Lipinski definition) is 1. The fourth-order valence-electron chi connectivity index (χ4n) is 3.80. The van der Waals surface area contributed by atoms with Crippen molar-refractivity contribution in [1.29, 1.82) is 0 Å². The maximum atomic E-state index is 12.9. The molecule has 6 nitrogen and oxygen atoms in total. The number of rotatable bonds is 6. The molecule has 2 heterocycles. The lowest BCUT2D eigenvalue weighted by molar-refractivity contribution is 0.0949. The van der Waals surface area contributed by atoms with Crippen molar-refractivity contribution in [2.75, 3.05) is 25.1 Å². The molecule has 2 N–H and O–H groups in total. The Morgan fingerprint density at radius 1 is 1.27 bits per heavy atom. The summed E-state index contributed by atoms with van der Waals surface area (Å²) in [5, 5.41) is 0. The standard InChI is InChI=1S/C24H25N3O3/c1-3-30-18-9-10-19-20(13-18)27(2)21(22(25)24(28)17-11-12-29-15-17)14-26-23(19)16-7-5-4-6-8-16/h4-13,15,21-22H,3,14,25H2,1-2H3. The van der Waals surface area contributed by atoms with Gasteiger partial charge in [-0.3, -0.25) is 9.79 Å². The molecule has 4 rings (SSSR count). The van der Waals surface area contributed by atoms with Crippen LogP contribution in [-0.4, -0.2) is 43.8 Å². The second kappa shape index (κ2) is 8.55. The lowest BCUT2D eigenvalue weighted by atomic mass is 9.98. The first kappa shape index (κ1) is 19.9. The number of furan rings is 1. The highest BCUT2D eigenvalue weighted by molar-refractivity contribution is 6.16. The van der Waals surface area contributed by atoms with Crippen molar-refractivity contribution in [1.82, 2.24) is 0 Å². The SMILES string of the molecule is CCOc1ccc2c(c1)N(C)C(C(N)C(=O)c1ccoc1)CN=C2c1ccccc1. The van der Waals surface area contributed by atoms with Crippen LogP contribution in [0.15, 0.2) is 76.5 Å². The average Bonchev–Trinajstić information content (AvgIpc) is 3.27. The normalized spacial score (nSPS) is 17.0. The molecule has 0 saturated carbocycles. The molecule has 1 aliphatic rings. The molecule has 2 unspecified atom stereocenters. The number of benzene rings is 2. The zero-order valence-corrected chi connectivity index (χ0v) is 17.1. The fourth-order valence-corrected chi connectivity index (χ4v) is 3.80. The second-order valence-electron chi connectivity index (χ2n) is 7.25. The number of ether oxygens (including phenoxy) is 1. The van der Waals surface area contributed by atoms with Crippen LogP contribution in [-0.2, 0) is 0 Å². The molecular formula is C24H25N3O3. The molecule has 30 heavy (non-hydrogen) atoms. The Morgan fingerprint density at radius 3 is 2.77 bits per heavy atom. The number of hydrogen-bond acceptors (Lipinski definition) is 6. The number of nitrogens with zero attached hydrogens (tertiary/aromatic N) is 2. The average molecular weight is 403 g/mol. The van der Waals surface area contributed by atoms with Crippen molar-refractivity contribution in [3.8, 4) is 5.75 Å². The molecule has 0 spiro atoms. The molecule has 3 aromatic rings. The van der Waals surface area contributed by atoms with Gasteiger partial charge in [0.15, 0.2) is 5.78 Å². The van der Waals surface area contributed by atoms with Crippen molar-refractivity contribution < 1.29 is 13.9 Å². The van der Waals surface area contributed by atoms with Crippen molar-refractivity contribution in [2.45, 2.75) is 19.0 Å². The van der Waals surface area contributed by atoms with Crippen molar-refractivity contribution in [3.63, 3.8) is 0 Å². The van der Waals surface area contributed by atoms with Crippen LogP contribution >= 0.6 is 0 Å². The first-order chi connectivity index (χ1) is 14.6. The van der Waals surface area contributed by atoms with E-state index in [1.807, 2.05) is 67.4 Å². The monoisotopic (exact) mass is 403 g/mol. The molecule has 6 heteroatoms. The minimum atomic E-state index is -0.755. The predicted molar refractivity (Wildman–Crippen MR) is 118 cm³/mol. The van der Waals surface area contributed by atoms with E-state index in [2.05, 4.69) is 0 Å². The van der Waals surface area contributed by atoms with Crippen LogP contribution < -0.4 is 15.4 Å². The summed E-state index contributed by atoms with van der Waals surface area (Å²) in [7, 11) is 1.95. The number of likely N-dealkylation sites (N-methyl/N-ethyl adjacent to an activating group) is 1. The van der Waals surface area contributed by atoms with Gasteiger partial charge < -0.3 is 19.8 Å². The Kier molecular flexibility index (Phi) is 5.68. The van der Waals surface area contributed by atoms with Gasteiger partial charge in [0.25, 0.3) is 0 Å². The molecule has 2 atom stereocenters. The van der Waals surface area contributed by atoms with E-state index < -0.39 is 6.04 Å². The highest BCUT2D eigenvalue weighted by Gasteiger charge is 2.33. The zero-order chi connectivity index (χ0) is 21.1. The van der Waals surface area contributed by atoms with Crippen LogP contribution in [0.5, 0.6) is 5.75 Å². The summed E-state index contributed by atoms with van der Waals surface area (Å²) in [4.78, 5) is 19.9. The quantitative estimate of drug-likeness (QED) is 0.637. The van der Waals surface area contributed by atoms with Crippen LogP contribution in [0.4, 0.5) is 5.69 Å². The van der Waals surface area contributed by atoms with Gasteiger partial charge in [0, 0.05) is 29.9 Å². The minimum absolute atomic E-state index is 0.165. The summed E-state index contributed by atoms with van der Waals surface area (Å²) in [6.45, 7) is 2.92. The van der Waals surface area contributed by atoms with Crippen LogP contribution in [0.25, 0.3) is 0 Å². The van der Waals surface area contributed by atoms with Gasteiger partial charge in [-0.15, -0.1) is 0 Å². The van der Waals surface area contributed by atoms with Crippen LogP contribution in [0.3, 0.4) is 0 Å². The molecule has 0 amide bonds. The van der Waals surface area contributed by atoms with Crippen molar-refractivity contribution in [2.24, 2.45) is 10.7 Å². The Morgan fingerprint density at radius 2 is 2.07 bits per heavy atom. The Bertz CT molecular complexity index is 1040. The summed E-state index contributed by atoms with van der Waals surface area (Å²) in [5.74, 6) is 0.604. The third kappa shape index (κ3) is 3.74. The first-order valence-corrected chi connectivity index (χ1v) is 10.0. The van der Waals surface area contributed by atoms with Crippen LogP contribution in [0.2, 0.25) is 0 Å². The summed E-state index contributed by atoms with van der Waals surface area (Å²) < 4.78 is 10.8. The van der Waals surface area contributed by atoms with E-state index in [-0.39, 0.29) is 11.8 Å².